The van der Waals surface area contributed by atoms with Crippen molar-refractivity contribution in [2.45, 2.75) is 16.8 Å². The molecule has 0 spiro atoms. The summed E-state index contributed by atoms with van der Waals surface area (Å²) >= 11 is 1.19. The number of hydrogen-bond donors (Lipinski definition) is 1. The molecule has 1 fully saturated rings. The standard InChI is InChI=1S/C19H16N4O3S/c1-26-14-9-7-13(8-10-14)23-16(24)11-15(18(23)25)27-19-20-17(21-22-19)12-5-3-2-4-6-12/h2-10,15H,11H2,1H3,(H,20,21,22)/t15-/m1/s1. The number of amides is 2. The molecule has 3 aromatic rings. The van der Waals surface area contributed by atoms with Gasteiger partial charge in [0.2, 0.25) is 17.0 Å². The van der Waals surface area contributed by atoms with Crippen molar-refractivity contribution < 1.29 is 14.3 Å². The molecule has 1 N–H and O–H groups in total. The number of ether oxygens (including phenoxy) is 1. The lowest BCUT2D eigenvalue weighted by molar-refractivity contribution is -0.121. The van der Waals surface area contributed by atoms with Crippen LogP contribution in [0.25, 0.3) is 11.4 Å². The van der Waals surface area contributed by atoms with Gasteiger partial charge in [0.05, 0.1) is 12.8 Å². The Balaban J connectivity index is 1.50. The molecule has 0 unspecified atom stereocenters. The van der Waals surface area contributed by atoms with Crippen LogP contribution in [0.1, 0.15) is 6.42 Å². The fourth-order valence-corrected chi connectivity index (χ4v) is 3.78. The Morgan fingerprint density at radius 3 is 2.56 bits per heavy atom. The zero-order valence-electron chi connectivity index (χ0n) is 14.5. The number of carbonyl (C=O) groups is 2. The minimum Gasteiger partial charge on any atom is -0.497 e. The van der Waals surface area contributed by atoms with Crippen LogP contribution in [0.3, 0.4) is 0 Å². The number of thioether (sulfide) groups is 1. The molecule has 1 atom stereocenters. The molecule has 4 rings (SSSR count). The van der Waals surface area contributed by atoms with E-state index >= 15 is 0 Å². The highest BCUT2D eigenvalue weighted by atomic mass is 32.2. The highest BCUT2D eigenvalue weighted by Crippen LogP contribution is 2.33. The van der Waals surface area contributed by atoms with E-state index in [1.165, 1.54) is 16.7 Å². The lowest BCUT2D eigenvalue weighted by atomic mass is 10.2. The van der Waals surface area contributed by atoms with E-state index in [2.05, 4.69) is 15.2 Å². The first-order valence-corrected chi connectivity index (χ1v) is 9.19. The van der Waals surface area contributed by atoms with Crippen molar-refractivity contribution in [3.8, 4) is 17.1 Å². The maximum Gasteiger partial charge on any atom is 0.247 e. The van der Waals surface area contributed by atoms with Gasteiger partial charge < -0.3 is 4.74 Å². The highest BCUT2D eigenvalue weighted by molar-refractivity contribution is 8.00. The van der Waals surface area contributed by atoms with Gasteiger partial charge in [-0.15, -0.1) is 5.10 Å². The van der Waals surface area contributed by atoms with E-state index in [9.17, 15) is 9.59 Å². The quantitative estimate of drug-likeness (QED) is 0.685. The molecule has 1 aromatic heterocycles. The Morgan fingerprint density at radius 2 is 1.85 bits per heavy atom. The molecule has 0 radical (unpaired) electrons. The zero-order chi connectivity index (χ0) is 18.8. The van der Waals surface area contributed by atoms with Gasteiger partial charge in [0, 0.05) is 12.0 Å². The number of methoxy groups -OCH3 is 1. The second kappa shape index (κ2) is 7.24. The fraction of sp³-hybridized carbons (Fsp3) is 0.158. The first kappa shape index (κ1) is 17.3. The molecular weight excluding hydrogens is 364 g/mol. The minimum atomic E-state index is -0.543. The third-order valence-electron chi connectivity index (χ3n) is 4.20. The molecule has 2 heterocycles. The van der Waals surface area contributed by atoms with Gasteiger partial charge in [-0.2, -0.15) is 0 Å². The first-order chi connectivity index (χ1) is 13.2. The number of benzene rings is 2. The topological polar surface area (TPSA) is 88.2 Å². The number of aromatic amines is 1. The summed E-state index contributed by atoms with van der Waals surface area (Å²) in [5.74, 6) is 0.794. The predicted molar refractivity (Wildman–Crippen MR) is 102 cm³/mol. The summed E-state index contributed by atoms with van der Waals surface area (Å²) in [7, 11) is 1.56. The van der Waals surface area contributed by atoms with Crippen molar-refractivity contribution >= 4 is 29.3 Å². The van der Waals surface area contributed by atoms with Crippen molar-refractivity contribution in [1.82, 2.24) is 15.2 Å². The SMILES string of the molecule is COc1ccc(N2C(=O)C[C@@H](Sc3n[nH]c(-c4ccccc4)n3)C2=O)cc1. The summed E-state index contributed by atoms with van der Waals surface area (Å²) in [6.07, 6.45) is 0.116. The van der Waals surface area contributed by atoms with Crippen molar-refractivity contribution in [3.05, 3.63) is 54.6 Å². The zero-order valence-corrected chi connectivity index (χ0v) is 15.3. The first-order valence-electron chi connectivity index (χ1n) is 8.31. The number of hydrogen-bond acceptors (Lipinski definition) is 6. The second-order valence-corrected chi connectivity index (χ2v) is 7.08. The molecule has 7 nitrogen and oxygen atoms in total. The third kappa shape index (κ3) is 3.43. The largest absolute Gasteiger partial charge is 0.497 e. The van der Waals surface area contributed by atoms with Crippen LogP contribution < -0.4 is 9.64 Å². The number of anilines is 1. The van der Waals surface area contributed by atoms with Crippen LogP contribution in [0.15, 0.2) is 59.8 Å². The minimum absolute atomic E-state index is 0.116. The van der Waals surface area contributed by atoms with E-state index in [0.29, 0.717) is 22.4 Å². The van der Waals surface area contributed by atoms with Gasteiger partial charge in [0.15, 0.2) is 5.82 Å². The van der Waals surface area contributed by atoms with Gasteiger partial charge in [-0.05, 0) is 24.3 Å². The number of aromatic nitrogens is 3. The van der Waals surface area contributed by atoms with E-state index in [1.54, 1.807) is 31.4 Å². The lowest BCUT2D eigenvalue weighted by Gasteiger charge is -2.14. The fourth-order valence-electron chi connectivity index (χ4n) is 2.85. The van der Waals surface area contributed by atoms with E-state index in [1.807, 2.05) is 30.3 Å². The summed E-state index contributed by atoms with van der Waals surface area (Å²) in [5.41, 5.74) is 1.44. The van der Waals surface area contributed by atoms with Crippen molar-refractivity contribution in [2.24, 2.45) is 0 Å². The van der Waals surface area contributed by atoms with Crippen LogP contribution in [0.2, 0.25) is 0 Å². The molecule has 1 saturated heterocycles. The number of nitrogens with zero attached hydrogens (tertiary/aromatic N) is 3. The van der Waals surface area contributed by atoms with Gasteiger partial charge in [-0.1, -0.05) is 42.1 Å². The third-order valence-corrected chi connectivity index (χ3v) is 5.24. The number of H-pyrrole nitrogens is 1. The van der Waals surface area contributed by atoms with Crippen molar-refractivity contribution in [3.63, 3.8) is 0 Å². The molecule has 1 aliphatic rings. The van der Waals surface area contributed by atoms with Gasteiger partial charge in [-0.25, -0.2) is 9.88 Å². The highest BCUT2D eigenvalue weighted by Gasteiger charge is 2.40. The molecule has 136 valence electrons. The molecule has 0 aliphatic carbocycles. The lowest BCUT2D eigenvalue weighted by Crippen LogP contribution is -2.31. The van der Waals surface area contributed by atoms with Crippen LogP contribution in [0.5, 0.6) is 5.75 Å². The molecule has 1 aliphatic heterocycles. The number of imide groups is 1. The summed E-state index contributed by atoms with van der Waals surface area (Å²) < 4.78 is 5.11. The Morgan fingerprint density at radius 1 is 1.11 bits per heavy atom. The summed E-state index contributed by atoms with van der Waals surface area (Å²) in [6, 6.07) is 16.4. The Labute approximate surface area is 159 Å². The average molecular weight is 380 g/mol. The molecule has 2 amide bonds. The predicted octanol–water partition coefficient (Wildman–Crippen LogP) is 2.90. The van der Waals surface area contributed by atoms with Gasteiger partial charge in [-0.3, -0.25) is 14.7 Å². The van der Waals surface area contributed by atoms with Gasteiger partial charge in [0.25, 0.3) is 0 Å². The number of nitrogens with one attached hydrogen (secondary N) is 1. The number of carbonyl (C=O) groups excluding carboxylic acids is 2. The molecular formula is C19H16N4O3S. The Bertz CT molecular complexity index is 972. The molecule has 27 heavy (non-hydrogen) atoms. The van der Waals surface area contributed by atoms with Gasteiger partial charge in [0.1, 0.15) is 11.0 Å². The van der Waals surface area contributed by atoms with E-state index in [4.69, 9.17) is 4.74 Å². The van der Waals surface area contributed by atoms with Crippen LogP contribution in [-0.4, -0.2) is 39.4 Å². The summed E-state index contributed by atoms with van der Waals surface area (Å²) in [4.78, 5) is 30.7. The summed E-state index contributed by atoms with van der Waals surface area (Å²) in [6.45, 7) is 0. The maximum atomic E-state index is 12.7. The normalized spacial score (nSPS) is 16.8. The summed E-state index contributed by atoms with van der Waals surface area (Å²) in [5, 5.41) is 6.93. The Hall–Kier alpha value is -3.13. The Kier molecular flexibility index (Phi) is 4.64. The molecule has 0 saturated carbocycles. The molecule has 2 aromatic carbocycles. The van der Waals surface area contributed by atoms with E-state index < -0.39 is 5.25 Å². The van der Waals surface area contributed by atoms with Crippen LogP contribution in [0, 0.1) is 0 Å². The number of rotatable bonds is 5. The molecule has 8 heteroatoms. The van der Waals surface area contributed by atoms with Crippen LogP contribution in [0.4, 0.5) is 5.69 Å². The monoisotopic (exact) mass is 380 g/mol. The second-order valence-electron chi connectivity index (χ2n) is 5.91. The molecule has 0 bridgehead atoms. The van der Waals surface area contributed by atoms with Crippen LogP contribution >= 0.6 is 11.8 Å². The van der Waals surface area contributed by atoms with E-state index in [0.717, 1.165) is 5.56 Å². The van der Waals surface area contributed by atoms with Crippen molar-refractivity contribution in [2.75, 3.05) is 12.0 Å². The average Bonchev–Trinajstić information content (AvgIpc) is 3.27. The van der Waals surface area contributed by atoms with Gasteiger partial charge >= 0.3 is 0 Å². The smallest absolute Gasteiger partial charge is 0.247 e. The van der Waals surface area contributed by atoms with E-state index in [-0.39, 0.29) is 18.2 Å². The van der Waals surface area contributed by atoms with Crippen molar-refractivity contribution in [1.29, 1.82) is 0 Å². The maximum absolute atomic E-state index is 12.7. The van der Waals surface area contributed by atoms with Crippen LogP contribution in [-0.2, 0) is 9.59 Å².